The summed E-state index contributed by atoms with van der Waals surface area (Å²) in [5.41, 5.74) is 0.475. The lowest BCUT2D eigenvalue weighted by atomic mass is 10.3. The molecular weight excluding hydrogens is 276 g/mol. The first-order valence-electron chi connectivity index (χ1n) is 6.10. The predicted octanol–water partition coefficient (Wildman–Crippen LogP) is 2.48. The molecule has 106 valence electrons. The minimum absolute atomic E-state index is 0.162. The molecule has 0 saturated carbocycles. The van der Waals surface area contributed by atoms with Crippen molar-refractivity contribution in [2.45, 2.75) is 13.2 Å². The Labute approximate surface area is 121 Å². The molecule has 0 fully saturated rings. The number of benzene rings is 1. The zero-order chi connectivity index (χ0) is 14.5. The highest BCUT2D eigenvalue weighted by Crippen LogP contribution is 2.21. The van der Waals surface area contributed by atoms with E-state index >= 15 is 0 Å². The van der Waals surface area contributed by atoms with Gasteiger partial charge >= 0.3 is 5.97 Å². The van der Waals surface area contributed by atoms with E-state index in [4.69, 9.17) is 4.74 Å². The number of nitrogens with zero attached hydrogens (tertiary/aromatic N) is 2. The summed E-state index contributed by atoms with van der Waals surface area (Å²) in [6.45, 7) is 0.784. The van der Waals surface area contributed by atoms with E-state index in [-0.39, 0.29) is 11.5 Å². The maximum absolute atomic E-state index is 11.2. The number of rotatable bonds is 6. The SMILES string of the molecule is CN(C)Cc1nc(COc2ccccc2)c(C(=O)O)s1. The van der Waals surface area contributed by atoms with Crippen LogP contribution in [-0.2, 0) is 13.2 Å². The number of aromatic carboxylic acids is 1. The summed E-state index contributed by atoms with van der Waals surface area (Å²) in [7, 11) is 3.84. The molecule has 0 saturated heterocycles. The lowest BCUT2D eigenvalue weighted by molar-refractivity contribution is 0.0699. The quantitative estimate of drug-likeness (QED) is 0.886. The van der Waals surface area contributed by atoms with Gasteiger partial charge in [-0.05, 0) is 26.2 Å². The van der Waals surface area contributed by atoms with Crippen molar-refractivity contribution in [3.8, 4) is 5.75 Å². The van der Waals surface area contributed by atoms with E-state index in [1.807, 2.05) is 49.3 Å². The lowest BCUT2D eigenvalue weighted by Crippen LogP contribution is -2.10. The Balaban J connectivity index is 2.13. The maximum Gasteiger partial charge on any atom is 0.347 e. The smallest absolute Gasteiger partial charge is 0.347 e. The number of carboxylic acid groups (broad SMARTS) is 1. The number of para-hydroxylation sites is 1. The summed E-state index contributed by atoms with van der Waals surface area (Å²) in [6, 6.07) is 9.28. The minimum Gasteiger partial charge on any atom is -0.487 e. The monoisotopic (exact) mass is 292 g/mol. The van der Waals surface area contributed by atoms with Crippen molar-refractivity contribution in [2.24, 2.45) is 0 Å². The van der Waals surface area contributed by atoms with Crippen LogP contribution in [0.2, 0.25) is 0 Å². The lowest BCUT2D eigenvalue weighted by Gasteiger charge is -2.05. The highest BCUT2D eigenvalue weighted by molar-refractivity contribution is 7.13. The van der Waals surface area contributed by atoms with Crippen molar-refractivity contribution in [1.82, 2.24) is 9.88 Å². The molecule has 1 aromatic heterocycles. The van der Waals surface area contributed by atoms with Gasteiger partial charge in [-0.2, -0.15) is 0 Å². The molecule has 0 bridgehead atoms. The number of thiazole rings is 1. The Hall–Kier alpha value is -1.92. The fourth-order valence-electron chi connectivity index (χ4n) is 1.67. The highest BCUT2D eigenvalue weighted by Gasteiger charge is 2.18. The van der Waals surface area contributed by atoms with Gasteiger partial charge < -0.3 is 14.7 Å². The summed E-state index contributed by atoms with van der Waals surface area (Å²) < 4.78 is 5.57. The van der Waals surface area contributed by atoms with E-state index in [2.05, 4.69) is 4.98 Å². The van der Waals surface area contributed by atoms with Crippen molar-refractivity contribution < 1.29 is 14.6 Å². The Morgan fingerprint density at radius 2 is 2.05 bits per heavy atom. The van der Waals surface area contributed by atoms with E-state index in [9.17, 15) is 9.90 Å². The van der Waals surface area contributed by atoms with Gasteiger partial charge in [0.1, 0.15) is 27.9 Å². The molecule has 6 heteroatoms. The summed E-state index contributed by atoms with van der Waals surface area (Å²) >= 11 is 1.20. The average Bonchev–Trinajstić information content (AvgIpc) is 2.80. The largest absolute Gasteiger partial charge is 0.487 e. The zero-order valence-corrected chi connectivity index (χ0v) is 12.2. The van der Waals surface area contributed by atoms with Gasteiger partial charge in [0.25, 0.3) is 0 Å². The van der Waals surface area contributed by atoms with Crippen LogP contribution in [0, 0.1) is 0 Å². The summed E-state index contributed by atoms with van der Waals surface area (Å²) in [5, 5.41) is 9.99. The fourth-order valence-corrected chi connectivity index (χ4v) is 2.70. The van der Waals surface area contributed by atoms with Crippen LogP contribution >= 0.6 is 11.3 Å². The Bertz CT molecular complexity index is 581. The second-order valence-electron chi connectivity index (χ2n) is 4.53. The number of hydrogen-bond donors (Lipinski definition) is 1. The molecular formula is C14H16N2O3S. The molecule has 2 rings (SSSR count). The second-order valence-corrected chi connectivity index (χ2v) is 5.61. The topological polar surface area (TPSA) is 62.7 Å². The fraction of sp³-hybridized carbons (Fsp3) is 0.286. The van der Waals surface area contributed by atoms with Crippen LogP contribution in [0.3, 0.4) is 0 Å². The Morgan fingerprint density at radius 3 is 2.65 bits per heavy atom. The molecule has 5 nitrogen and oxygen atoms in total. The first kappa shape index (κ1) is 14.5. The Morgan fingerprint density at radius 1 is 1.35 bits per heavy atom. The van der Waals surface area contributed by atoms with Gasteiger partial charge in [-0.25, -0.2) is 9.78 Å². The zero-order valence-electron chi connectivity index (χ0n) is 11.4. The van der Waals surface area contributed by atoms with Crippen LogP contribution < -0.4 is 4.74 Å². The molecule has 0 aliphatic carbocycles. The second kappa shape index (κ2) is 6.49. The summed E-state index contributed by atoms with van der Waals surface area (Å²) in [5.74, 6) is -0.259. The molecule has 0 aliphatic rings. The predicted molar refractivity (Wildman–Crippen MR) is 77.2 cm³/mol. The van der Waals surface area contributed by atoms with Crippen LogP contribution in [0.4, 0.5) is 0 Å². The molecule has 0 atom stereocenters. The molecule has 1 aromatic carbocycles. The van der Waals surface area contributed by atoms with Crippen LogP contribution in [0.5, 0.6) is 5.75 Å². The highest BCUT2D eigenvalue weighted by atomic mass is 32.1. The van der Waals surface area contributed by atoms with E-state index < -0.39 is 5.97 Å². The van der Waals surface area contributed by atoms with Crippen molar-refractivity contribution in [3.05, 3.63) is 45.9 Å². The number of carboxylic acids is 1. The minimum atomic E-state index is -0.959. The number of hydrogen-bond acceptors (Lipinski definition) is 5. The van der Waals surface area contributed by atoms with E-state index in [1.165, 1.54) is 11.3 Å². The summed E-state index contributed by atoms with van der Waals surface area (Å²) in [4.78, 5) is 17.8. The molecule has 0 spiro atoms. The maximum atomic E-state index is 11.2. The first-order valence-corrected chi connectivity index (χ1v) is 6.92. The average molecular weight is 292 g/mol. The molecule has 0 amide bonds. The van der Waals surface area contributed by atoms with E-state index in [1.54, 1.807) is 0 Å². The van der Waals surface area contributed by atoms with Gasteiger partial charge in [0, 0.05) is 6.54 Å². The van der Waals surface area contributed by atoms with Gasteiger partial charge in [0.15, 0.2) is 0 Å². The molecule has 2 aromatic rings. The molecule has 1 heterocycles. The van der Waals surface area contributed by atoms with Crippen LogP contribution in [0.15, 0.2) is 30.3 Å². The molecule has 0 aliphatic heterocycles. The number of carbonyl (C=O) groups is 1. The van der Waals surface area contributed by atoms with Gasteiger partial charge in [-0.15, -0.1) is 11.3 Å². The summed E-state index contributed by atoms with van der Waals surface area (Å²) in [6.07, 6.45) is 0. The molecule has 0 unspecified atom stereocenters. The van der Waals surface area contributed by atoms with Crippen molar-refractivity contribution in [2.75, 3.05) is 14.1 Å². The van der Waals surface area contributed by atoms with E-state index in [0.29, 0.717) is 18.0 Å². The van der Waals surface area contributed by atoms with Gasteiger partial charge in [-0.1, -0.05) is 18.2 Å². The van der Waals surface area contributed by atoms with Gasteiger partial charge in [-0.3, -0.25) is 0 Å². The van der Waals surface area contributed by atoms with Crippen molar-refractivity contribution in [1.29, 1.82) is 0 Å². The third-order valence-electron chi connectivity index (χ3n) is 2.51. The van der Waals surface area contributed by atoms with Crippen molar-refractivity contribution in [3.63, 3.8) is 0 Å². The molecule has 1 N–H and O–H groups in total. The van der Waals surface area contributed by atoms with Crippen LogP contribution in [0.1, 0.15) is 20.4 Å². The van der Waals surface area contributed by atoms with Gasteiger partial charge in [0.05, 0.1) is 0 Å². The first-order chi connectivity index (χ1) is 9.56. The standard InChI is InChI=1S/C14H16N2O3S/c1-16(2)8-12-15-11(13(20-12)14(17)18)9-19-10-6-4-3-5-7-10/h3-7H,8-9H2,1-2H3,(H,17,18). The number of aromatic nitrogens is 1. The molecule has 0 radical (unpaired) electrons. The van der Waals surface area contributed by atoms with Crippen LogP contribution in [-0.4, -0.2) is 35.1 Å². The van der Waals surface area contributed by atoms with Crippen LogP contribution in [0.25, 0.3) is 0 Å². The van der Waals surface area contributed by atoms with Gasteiger partial charge in [0.2, 0.25) is 0 Å². The third-order valence-corrected chi connectivity index (χ3v) is 3.58. The molecule has 20 heavy (non-hydrogen) atoms. The van der Waals surface area contributed by atoms with Crippen molar-refractivity contribution >= 4 is 17.3 Å². The Kier molecular flexibility index (Phi) is 4.70. The van der Waals surface area contributed by atoms with E-state index in [0.717, 1.165) is 5.01 Å². The third kappa shape index (κ3) is 3.79. The normalized spacial score (nSPS) is 10.8. The number of ether oxygens (including phenoxy) is 1.